The van der Waals surface area contributed by atoms with Crippen LogP contribution in [0.4, 0.5) is 5.69 Å². The van der Waals surface area contributed by atoms with Gasteiger partial charge in [0.1, 0.15) is 0 Å². The predicted molar refractivity (Wildman–Crippen MR) is 103 cm³/mol. The monoisotopic (exact) mass is 356 g/mol. The van der Waals surface area contributed by atoms with Crippen LogP contribution in [0.3, 0.4) is 0 Å². The van der Waals surface area contributed by atoms with Crippen molar-refractivity contribution in [1.29, 1.82) is 0 Å². The number of amides is 2. The van der Waals surface area contributed by atoms with E-state index in [2.05, 4.69) is 24.5 Å². The van der Waals surface area contributed by atoms with Crippen molar-refractivity contribution in [3.05, 3.63) is 53.5 Å². The zero-order valence-electron chi connectivity index (χ0n) is 16.0. The molecule has 1 aromatic heterocycles. The van der Waals surface area contributed by atoms with E-state index in [9.17, 15) is 9.59 Å². The Balaban J connectivity index is 1.99. The van der Waals surface area contributed by atoms with Gasteiger partial charge in [-0.1, -0.05) is 32.8 Å². The highest BCUT2D eigenvalue weighted by atomic mass is 16.3. The summed E-state index contributed by atoms with van der Waals surface area (Å²) < 4.78 is 5.10. The fourth-order valence-electron chi connectivity index (χ4n) is 2.70. The van der Waals surface area contributed by atoms with Crippen LogP contribution in [0.2, 0.25) is 0 Å². The number of benzene rings is 1. The summed E-state index contributed by atoms with van der Waals surface area (Å²) in [6.07, 6.45) is 4.66. The van der Waals surface area contributed by atoms with Crippen molar-refractivity contribution < 1.29 is 14.0 Å². The molecule has 1 aromatic carbocycles. The van der Waals surface area contributed by atoms with Gasteiger partial charge in [-0.15, -0.1) is 0 Å². The van der Waals surface area contributed by atoms with Crippen molar-refractivity contribution in [3.63, 3.8) is 0 Å². The smallest absolute Gasteiger partial charge is 0.291 e. The molecular formula is C21H28N2O3. The molecule has 1 unspecified atom stereocenters. The molecule has 0 saturated carbocycles. The van der Waals surface area contributed by atoms with Crippen LogP contribution in [-0.4, -0.2) is 17.9 Å². The minimum absolute atomic E-state index is 0.115. The van der Waals surface area contributed by atoms with E-state index in [1.54, 1.807) is 24.3 Å². The van der Waals surface area contributed by atoms with Gasteiger partial charge in [0, 0.05) is 17.3 Å². The molecule has 5 nitrogen and oxygen atoms in total. The second-order valence-corrected chi connectivity index (χ2v) is 7.16. The number of nitrogens with one attached hydrogen (secondary N) is 2. The largest absolute Gasteiger partial charge is 0.459 e. The van der Waals surface area contributed by atoms with Crippen molar-refractivity contribution in [3.8, 4) is 0 Å². The maximum Gasteiger partial charge on any atom is 0.291 e. The van der Waals surface area contributed by atoms with Crippen LogP contribution in [0.25, 0.3) is 0 Å². The van der Waals surface area contributed by atoms with Crippen LogP contribution in [0.5, 0.6) is 0 Å². The van der Waals surface area contributed by atoms with Crippen molar-refractivity contribution >= 4 is 17.5 Å². The number of furan rings is 1. The molecule has 0 fully saturated rings. The molecule has 0 spiro atoms. The number of carbonyl (C=O) groups is 2. The van der Waals surface area contributed by atoms with E-state index in [0.29, 0.717) is 17.2 Å². The van der Waals surface area contributed by atoms with Gasteiger partial charge in [0.05, 0.1) is 6.26 Å². The lowest BCUT2D eigenvalue weighted by Crippen LogP contribution is -2.32. The van der Waals surface area contributed by atoms with E-state index >= 15 is 0 Å². The average Bonchev–Trinajstić information content (AvgIpc) is 3.11. The Labute approximate surface area is 155 Å². The number of hydrogen-bond acceptors (Lipinski definition) is 3. The zero-order valence-corrected chi connectivity index (χ0v) is 16.0. The normalized spacial score (nSPS) is 12.0. The van der Waals surface area contributed by atoms with Gasteiger partial charge in [-0.3, -0.25) is 9.59 Å². The highest BCUT2D eigenvalue weighted by molar-refractivity contribution is 6.03. The summed E-state index contributed by atoms with van der Waals surface area (Å²) >= 11 is 0. The number of rotatable bonds is 8. The first-order chi connectivity index (χ1) is 12.4. The predicted octanol–water partition coefficient (Wildman–Crippen LogP) is 4.78. The Morgan fingerprint density at radius 2 is 1.85 bits per heavy atom. The summed E-state index contributed by atoms with van der Waals surface area (Å²) in [6.45, 7) is 8.31. The number of hydrogen-bond donors (Lipinski definition) is 2. The first kappa shape index (κ1) is 19.8. The third kappa shape index (κ3) is 5.76. The molecule has 0 aliphatic rings. The van der Waals surface area contributed by atoms with E-state index in [-0.39, 0.29) is 23.6 Å². The summed E-state index contributed by atoms with van der Waals surface area (Å²) in [4.78, 5) is 24.6. The summed E-state index contributed by atoms with van der Waals surface area (Å²) in [6, 6.07) is 8.67. The molecule has 0 aliphatic heterocycles. The fraction of sp³-hybridized carbons (Fsp3) is 0.429. The molecular weight excluding hydrogens is 328 g/mol. The SMILES string of the molecule is Cc1ccc(C(=O)NC(C)CCCC(C)C)cc1NC(=O)c1ccco1. The molecule has 140 valence electrons. The Bertz CT molecular complexity index is 736. The molecule has 0 aliphatic carbocycles. The van der Waals surface area contributed by atoms with Crippen LogP contribution >= 0.6 is 0 Å². The quantitative estimate of drug-likeness (QED) is 0.715. The van der Waals surface area contributed by atoms with Crippen LogP contribution in [0, 0.1) is 12.8 Å². The van der Waals surface area contributed by atoms with Gasteiger partial charge >= 0.3 is 0 Å². The standard InChI is InChI=1S/C21H28N2O3/c1-14(2)7-5-8-16(4)22-20(24)17-11-10-15(3)18(13-17)23-21(25)19-9-6-12-26-19/h6,9-14,16H,5,7-8H2,1-4H3,(H,22,24)(H,23,25). The molecule has 26 heavy (non-hydrogen) atoms. The first-order valence-electron chi connectivity index (χ1n) is 9.13. The van der Waals surface area contributed by atoms with E-state index in [1.807, 2.05) is 19.9 Å². The Morgan fingerprint density at radius 1 is 1.08 bits per heavy atom. The number of carbonyl (C=O) groups excluding carboxylic acids is 2. The van der Waals surface area contributed by atoms with Crippen LogP contribution < -0.4 is 10.6 Å². The zero-order chi connectivity index (χ0) is 19.1. The van der Waals surface area contributed by atoms with E-state index < -0.39 is 0 Å². The van der Waals surface area contributed by atoms with Crippen molar-refractivity contribution in [2.45, 2.75) is 53.0 Å². The van der Waals surface area contributed by atoms with Crippen molar-refractivity contribution in [1.82, 2.24) is 5.32 Å². The highest BCUT2D eigenvalue weighted by Crippen LogP contribution is 2.18. The maximum atomic E-state index is 12.5. The van der Waals surface area contributed by atoms with Gasteiger partial charge in [-0.25, -0.2) is 0 Å². The van der Waals surface area contributed by atoms with E-state index in [1.165, 1.54) is 6.26 Å². The van der Waals surface area contributed by atoms with Crippen molar-refractivity contribution in [2.75, 3.05) is 5.32 Å². The third-order valence-corrected chi connectivity index (χ3v) is 4.29. The fourth-order valence-corrected chi connectivity index (χ4v) is 2.70. The van der Waals surface area contributed by atoms with Crippen molar-refractivity contribution in [2.24, 2.45) is 5.92 Å². The minimum Gasteiger partial charge on any atom is -0.459 e. The van der Waals surface area contributed by atoms with E-state index in [4.69, 9.17) is 4.42 Å². The van der Waals surface area contributed by atoms with Gasteiger partial charge < -0.3 is 15.1 Å². The Morgan fingerprint density at radius 3 is 2.50 bits per heavy atom. The molecule has 2 N–H and O–H groups in total. The highest BCUT2D eigenvalue weighted by Gasteiger charge is 2.14. The summed E-state index contributed by atoms with van der Waals surface area (Å²) in [5.41, 5.74) is 2.01. The van der Waals surface area contributed by atoms with E-state index in [0.717, 1.165) is 24.8 Å². The molecule has 0 saturated heterocycles. The first-order valence-corrected chi connectivity index (χ1v) is 9.13. The molecule has 5 heteroatoms. The number of anilines is 1. The van der Waals surface area contributed by atoms with Gasteiger partial charge in [0.15, 0.2) is 5.76 Å². The molecule has 0 radical (unpaired) electrons. The third-order valence-electron chi connectivity index (χ3n) is 4.29. The van der Waals surface area contributed by atoms with Gasteiger partial charge in [0.25, 0.3) is 11.8 Å². The second-order valence-electron chi connectivity index (χ2n) is 7.16. The molecule has 2 aromatic rings. The molecule has 2 rings (SSSR count). The molecule has 1 heterocycles. The molecule has 1 atom stereocenters. The lowest BCUT2D eigenvalue weighted by Gasteiger charge is -2.15. The summed E-state index contributed by atoms with van der Waals surface area (Å²) in [5, 5.41) is 5.82. The van der Waals surface area contributed by atoms with Crippen LogP contribution in [-0.2, 0) is 0 Å². The van der Waals surface area contributed by atoms with Gasteiger partial charge in [0.2, 0.25) is 0 Å². The van der Waals surface area contributed by atoms with Gasteiger partial charge in [-0.05, 0) is 56.0 Å². The Kier molecular flexibility index (Phi) is 7.01. The molecule has 0 bridgehead atoms. The average molecular weight is 356 g/mol. The lowest BCUT2D eigenvalue weighted by molar-refractivity contribution is 0.0936. The molecule has 2 amide bonds. The topological polar surface area (TPSA) is 71.3 Å². The van der Waals surface area contributed by atoms with Gasteiger partial charge in [-0.2, -0.15) is 0 Å². The maximum absolute atomic E-state index is 12.5. The minimum atomic E-state index is -0.335. The van der Waals surface area contributed by atoms with Crippen LogP contribution in [0.15, 0.2) is 41.0 Å². The second kappa shape index (κ2) is 9.22. The Hall–Kier alpha value is -2.56. The summed E-state index contributed by atoms with van der Waals surface area (Å²) in [7, 11) is 0. The summed E-state index contributed by atoms with van der Waals surface area (Å²) in [5.74, 6) is 0.446. The lowest BCUT2D eigenvalue weighted by atomic mass is 10.0. The number of aryl methyl sites for hydroxylation is 1. The van der Waals surface area contributed by atoms with Crippen LogP contribution in [0.1, 0.15) is 66.5 Å².